The quantitative estimate of drug-likeness (QED) is 0.299. The first-order valence-electron chi connectivity index (χ1n) is 15.0. The van der Waals surface area contributed by atoms with E-state index in [2.05, 4.69) is 14.4 Å². The van der Waals surface area contributed by atoms with Crippen LogP contribution in [0, 0.1) is 29.0 Å². The monoisotopic (exact) mass is 596 g/mol. The summed E-state index contributed by atoms with van der Waals surface area (Å²) in [5, 5.41) is 18.5. The molecule has 2 aromatic carbocycles. The molecule has 11 heteroatoms. The van der Waals surface area contributed by atoms with E-state index in [4.69, 9.17) is 24.7 Å². The van der Waals surface area contributed by atoms with Crippen molar-refractivity contribution >= 4 is 22.8 Å². The topological polar surface area (TPSA) is 117 Å². The third kappa shape index (κ3) is 5.70. The van der Waals surface area contributed by atoms with E-state index < -0.39 is 11.8 Å². The van der Waals surface area contributed by atoms with E-state index in [0.29, 0.717) is 36.4 Å². The van der Waals surface area contributed by atoms with Gasteiger partial charge < -0.3 is 24.0 Å². The summed E-state index contributed by atoms with van der Waals surface area (Å²) in [6.45, 7) is 5.82. The molecule has 3 unspecified atom stereocenters. The van der Waals surface area contributed by atoms with Crippen molar-refractivity contribution in [2.45, 2.75) is 38.6 Å². The molecule has 0 aliphatic carbocycles. The van der Waals surface area contributed by atoms with Crippen molar-refractivity contribution in [3.63, 3.8) is 0 Å². The summed E-state index contributed by atoms with van der Waals surface area (Å²) in [5.41, 5.74) is 2.56. The zero-order valence-electron chi connectivity index (χ0n) is 24.2. The molecule has 10 nitrogen and oxygen atoms in total. The van der Waals surface area contributed by atoms with E-state index >= 15 is 0 Å². The van der Waals surface area contributed by atoms with Crippen LogP contribution in [0.3, 0.4) is 0 Å². The second-order valence-corrected chi connectivity index (χ2v) is 11.9. The minimum absolute atomic E-state index is 0.0312. The van der Waals surface area contributed by atoms with Gasteiger partial charge >= 0.3 is 5.97 Å². The van der Waals surface area contributed by atoms with Gasteiger partial charge in [-0.1, -0.05) is 12.1 Å². The number of rotatable bonds is 9. The summed E-state index contributed by atoms with van der Waals surface area (Å²) in [7, 11) is 0. The normalized spacial score (nSPS) is 21.5. The van der Waals surface area contributed by atoms with Crippen LogP contribution in [0.5, 0.6) is 5.88 Å². The van der Waals surface area contributed by atoms with Crippen LogP contribution in [-0.2, 0) is 24.4 Å². The zero-order valence-corrected chi connectivity index (χ0v) is 24.2. The Morgan fingerprint density at radius 3 is 2.66 bits per heavy atom. The minimum Gasteiger partial charge on any atom is -0.478 e. The molecule has 5 heterocycles. The number of carboxylic acid groups (broad SMARTS) is 1. The first-order valence-corrected chi connectivity index (χ1v) is 15.0. The molecular formula is C33H33FN6O4. The van der Waals surface area contributed by atoms with E-state index in [1.165, 1.54) is 6.07 Å². The van der Waals surface area contributed by atoms with Gasteiger partial charge in [-0.25, -0.2) is 14.2 Å². The first kappa shape index (κ1) is 28.3. The SMILES string of the molecule is N#Cc1ccc(COc2cccc(N3CC4CN(Cc5nc6ccc(C(=O)O)cc6n5CC5CCCO5)CC4C3)n2)c(F)c1. The Morgan fingerprint density at radius 2 is 1.93 bits per heavy atom. The molecular weight excluding hydrogens is 563 g/mol. The number of fused-ring (bicyclic) bond motifs is 2. The number of carbonyl (C=O) groups is 1. The van der Waals surface area contributed by atoms with Crippen molar-refractivity contribution in [2.24, 2.45) is 11.8 Å². The Labute approximate surface area is 254 Å². The van der Waals surface area contributed by atoms with Gasteiger partial charge in [0.25, 0.3) is 0 Å². The van der Waals surface area contributed by atoms with Crippen molar-refractivity contribution in [3.05, 3.63) is 82.9 Å². The minimum atomic E-state index is -0.943. The van der Waals surface area contributed by atoms with Crippen LogP contribution in [-0.4, -0.2) is 69.4 Å². The molecule has 226 valence electrons. The molecule has 3 saturated heterocycles. The Kier molecular flexibility index (Phi) is 7.62. The summed E-state index contributed by atoms with van der Waals surface area (Å²) in [6, 6.07) is 17.1. The number of hydrogen-bond donors (Lipinski definition) is 1. The largest absolute Gasteiger partial charge is 0.478 e. The molecule has 3 aliphatic heterocycles. The van der Waals surface area contributed by atoms with Crippen LogP contribution in [0.25, 0.3) is 11.0 Å². The fourth-order valence-electron chi connectivity index (χ4n) is 6.77. The second kappa shape index (κ2) is 11.9. The van der Waals surface area contributed by atoms with Crippen molar-refractivity contribution in [1.29, 1.82) is 5.26 Å². The summed E-state index contributed by atoms with van der Waals surface area (Å²) in [4.78, 5) is 26.1. The van der Waals surface area contributed by atoms with Crippen LogP contribution in [0.1, 0.15) is 40.2 Å². The maximum Gasteiger partial charge on any atom is 0.335 e. The number of anilines is 1. The molecule has 0 saturated carbocycles. The van der Waals surface area contributed by atoms with Gasteiger partial charge in [0.2, 0.25) is 5.88 Å². The fourth-order valence-corrected chi connectivity index (χ4v) is 6.77. The maximum atomic E-state index is 14.3. The van der Waals surface area contributed by atoms with Crippen LogP contribution < -0.4 is 9.64 Å². The van der Waals surface area contributed by atoms with Gasteiger partial charge in [-0.05, 0) is 61.1 Å². The van der Waals surface area contributed by atoms with Gasteiger partial charge in [0.05, 0.1) is 47.4 Å². The van der Waals surface area contributed by atoms with Crippen LogP contribution in [0.4, 0.5) is 10.2 Å². The number of hydrogen-bond acceptors (Lipinski definition) is 8. The predicted molar refractivity (Wildman–Crippen MR) is 160 cm³/mol. The molecule has 44 heavy (non-hydrogen) atoms. The Morgan fingerprint density at radius 1 is 1.09 bits per heavy atom. The highest BCUT2D eigenvalue weighted by Gasteiger charge is 2.41. The van der Waals surface area contributed by atoms with Crippen molar-refractivity contribution in [1.82, 2.24) is 19.4 Å². The van der Waals surface area contributed by atoms with Gasteiger partial charge in [-0.2, -0.15) is 10.2 Å². The highest BCUT2D eigenvalue weighted by atomic mass is 19.1. The molecule has 3 aliphatic rings. The molecule has 4 aromatic rings. The summed E-state index contributed by atoms with van der Waals surface area (Å²) >= 11 is 0. The third-order valence-electron chi connectivity index (χ3n) is 9.00. The van der Waals surface area contributed by atoms with Crippen LogP contribution >= 0.6 is 0 Å². The number of pyridine rings is 1. The lowest BCUT2D eigenvalue weighted by Crippen LogP contribution is -2.30. The Hall–Kier alpha value is -4.53. The molecule has 3 fully saturated rings. The summed E-state index contributed by atoms with van der Waals surface area (Å²) in [6.07, 6.45) is 2.15. The van der Waals surface area contributed by atoms with Gasteiger partial charge in [-0.3, -0.25) is 4.90 Å². The highest BCUT2D eigenvalue weighted by Crippen LogP contribution is 2.35. The number of nitrogens with zero attached hydrogens (tertiary/aromatic N) is 6. The highest BCUT2D eigenvalue weighted by molar-refractivity contribution is 5.92. The molecule has 0 spiro atoms. The van der Waals surface area contributed by atoms with E-state index in [9.17, 15) is 14.3 Å². The predicted octanol–water partition coefficient (Wildman–Crippen LogP) is 4.47. The van der Waals surface area contributed by atoms with E-state index in [-0.39, 0.29) is 23.8 Å². The lowest BCUT2D eigenvalue weighted by Gasteiger charge is -2.23. The van der Waals surface area contributed by atoms with Crippen molar-refractivity contribution in [3.8, 4) is 11.9 Å². The first-order chi connectivity index (χ1) is 21.4. The molecule has 0 amide bonds. The molecule has 7 rings (SSSR count). The lowest BCUT2D eigenvalue weighted by atomic mass is 10.0. The van der Waals surface area contributed by atoms with Gasteiger partial charge in [-0.15, -0.1) is 0 Å². The lowest BCUT2D eigenvalue weighted by molar-refractivity contribution is 0.0697. The van der Waals surface area contributed by atoms with E-state index in [0.717, 1.165) is 68.3 Å². The number of aromatic nitrogens is 3. The number of halogens is 1. The van der Waals surface area contributed by atoms with Crippen molar-refractivity contribution in [2.75, 3.05) is 37.7 Å². The average Bonchev–Trinajstić information content (AvgIpc) is 3.82. The van der Waals surface area contributed by atoms with Gasteiger partial charge in [0.15, 0.2) is 0 Å². The number of imidazole rings is 1. The molecule has 0 bridgehead atoms. The number of aromatic carboxylic acids is 1. The summed E-state index contributed by atoms with van der Waals surface area (Å²) in [5.74, 6) is 1.79. The fraction of sp³-hybridized carbons (Fsp3) is 0.394. The average molecular weight is 597 g/mol. The standard InChI is InChI=1S/C33H33FN6O4/c34-27-11-21(13-35)6-7-23(27)20-44-32-5-1-4-30(37-32)39-16-24-14-38(15-25(24)17-39)19-31-36-28-9-8-22(33(41)42)12-29(28)40(31)18-26-3-2-10-43-26/h1,4-9,11-12,24-26H,2-3,10,14-20H2,(H,41,42). The summed E-state index contributed by atoms with van der Waals surface area (Å²) < 4.78 is 28.2. The molecule has 2 aromatic heterocycles. The smallest absolute Gasteiger partial charge is 0.335 e. The molecule has 0 radical (unpaired) electrons. The second-order valence-electron chi connectivity index (χ2n) is 11.9. The number of ether oxygens (including phenoxy) is 2. The number of benzene rings is 2. The maximum absolute atomic E-state index is 14.3. The number of carboxylic acids is 1. The van der Waals surface area contributed by atoms with Crippen molar-refractivity contribution < 1.29 is 23.8 Å². The number of likely N-dealkylation sites (tertiary alicyclic amines) is 1. The zero-order chi connectivity index (χ0) is 30.2. The third-order valence-corrected chi connectivity index (χ3v) is 9.00. The van der Waals surface area contributed by atoms with Gasteiger partial charge in [0, 0.05) is 44.4 Å². The molecule has 3 atom stereocenters. The Bertz CT molecular complexity index is 1730. The van der Waals surface area contributed by atoms with E-state index in [1.54, 1.807) is 36.4 Å². The number of nitriles is 1. The van der Waals surface area contributed by atoms with E-state index in [1.807, 2.05) is 18.2 Å². The van der Waals surface area contributed by atoms with Crippen LogP contribution in [0.15, 0.2) is 54.6 Å². The Balaban J connectivity index is 1.00. The molecule has 1 N–H and O–H groups in total. The van der Waals surface area contributed by atoms with Crippen LogP contribution in [0.2, 0.25) is 0 Å². The van der Waals surface area contributed by atoms with Gasteiger partial charge in [0.1, 0.15) is 24.1 Å².